The number of methoxy groups -OCH3 is 1. The minimum absolute atomic E-state index is 0.0964. The van der Waals surface area contributed by atoms with Gasteiger partial charge < -0.3 is 9.47 Å². The van der Waals surface area contributed by atoms with Gasteiger partial charge in [-0.05, 0) is 73.9 Å². The van der Waals surface area contributed by atoms with Crippen LogP contribution in [0, 0.1) is 0 Å². The van der Waals surface area contributed by atoms with Crippen molar-refractivity contribution in [1.82, 2.24) is 0 Å². The second-order valence-electron chi connectivity index (χ2n) is 7.65. The van der Waals surface area contributed by atoms with E-state index in [1.807, 2.05) is 24.3 Å². The van der Waals surface area contributed by atoms with E-state index < -0.39 is 16.0 Å². The summed E-state index contributed by atoms with van der Waals surface area (Å²) in [6.45, 7) is 1.83. The molecule has 1 heterocycles. The highest BCUT2D eigenvalue weighted by Crippen LogP contribution is 2.32. The van der Waals surface area contributed by atoms with Gasteiger partial charge in [0.1, 0.15) is 0 Å². The molecule has 4 rings (SSSR count). The molecular weight excluding hydrogens is 442 g/mol. The highest BCUT2D eigenvalue weighted by atomic mass is 32.2. The van der Waals surface area contributed by atoms with Crippen molar-refractivity contribution >= 4 is 27.5 Å². The van der Waals surface area contributed by atoms with Crippen LogP contribution in [0.5, 0.6) is 11.5 Å². The number of nitrogens with zero attached hydrogens (tertiary/aromatic N) is 1. The van der Waals surface area contributed by atoms with Crippen LogP contribution in [-0.4, -0.2) is 33.8 Å². The number of ether oxygens (including phenoxy) is 2. The highest BCUT2D eigenvalue weighted by Gasteiger charge is 2.29. The summed E-state index contributed by atoms with van der Waals surface area (Å²) in [4.78, 5) is 24.3. The summed E-state index contributed by atoms with van der Waals surface area (Å²) in [5.41, 5.74) is 2.30. The first-order valence-corrected chi connectivity index (χ1v) is 11.9. The minimum Gasteiger partial charge on any atom is -0.493 e. The molecule has 0 bridgehead atoms. The Kier molecular flexibility index (Phi) is 6.20. The second kappa shape index (κ2) is 9.07. The molecule has 0 unspecified atom stereocenters. The molecule has 0 radical (unpaired) electrons. The number of carbonyl (C=O) groups excluding carboxylic acids is 2. The van der Waals surface area contributed by atoms with Crippen LogP contribution in [0.25, 0.3) is 0 Å². The van der Waals surface area contributed by atoms with E-state index in [2.05, 4.69) is 0 Å². The third-order valence-electron chi connectivity index (χ3n) is 5.52. The van der Waals surface area contributed by atoms with Gasteiger partial charge in [-0.15, -0.1) is 0 Å². The number of aryl methyl sites for hydroxylation is 1. The fraction of sp³-hybridized carbons (Fsp3) is 0.200. The molecule has 3 aromatic rings. The Hall–Kier alpha value is -3.65. The lowest BCUT2D eigenvalue weighted by atomic mass is 10.0. The summed E-state index contributed by atoms with van der Waals surface area (Å²) < 4.78 is 38.6. The van der Waals surface area contributed by atoms with Gasteiger partial charge in [-0.2, -0.15) is 0 Å². The molecule has 170 valence electrons. The van der Waals surface area contributed by atoms with Crippen LogP contribution in [0.2, 0.25) is 0 Å². The summed E-state index contributed by atoms with van der Waals surface area (Å²) in [7, 11) is -2.36. The smallest absolute Gasteiger partial charge is 0.343 e. The number of Topliss-reactive ketones (excluding diaryl/α,β-unsaturated/α-hetero) is 1. The first-order valence-electron chi connectivity index (χ1n) is 10.4. The Balaban J connectivity index is 1.55. The molecule has 1 aliphatic rings. The second-order valence-corrected chi connectivity index (χ2v) is 9.51. The van der Waals surface area contributed by atoms with Crippen LogP contribution in [0.15, 0.2) is 71.6 Å². The maximum absolute atomic E-state index is 13.3. The predicted octanol–water partition coefficient (Wildman–Crippen LogP) is 4.26. The minimum atomic E-state index is -3.77. The van der Waals surface area contributed by atoms with E-state index in [1.54, 1.807) is 6.07 Å². The molecule has 0 N–H and O–H groups in total. The number of hydrogen-bond donors (Lipinski definition) is 0. The molecule has 0 aromatic heterocycles. The normalized spacial score (nSPS) is 13.2. The number of esters is 1. The monoisotopic (exact) mass is 465 g/mol. The third-order valence-corrected chi connectivity index (χ3v) is 7.35. The van der Waals surface area contributed by atoms with E-state index in [0.717, 1.165) is 18.4 Å². The zero-order valence-corrected chi connectivity index (χ0v) is 19.1. The van der Waals surface area contributed by atoms with E-state index in [-0.39, 0.29) is 27.7 Å². The molecule has 0 amide bonds. The fourth-order valence-electron chi connectivity index (χ4n) is 3.77. The van der Waals surface area contributed by atoms with Crippen molar-refractivity contribution in [3.63, 3.8) is 0 Å². The van der Waals surface area contributed by atoms with Gasteiger partial charge in [0, 0.05) is 12.1 Å². The maximum Gasteiger partial charge on any atom is 0.343 e. The van der Waals surface area contributed by atoms with Crippen LogP contribution in [-0.2, 0) is 16.4 Å². The number of hydrogen-bond acceptors (Lipinski definition) is 6. The van der Waals surface area contributed by atoms with Crippen molar-refractivity contribution in [2.45, 2.75) is 24.7 Å². The number of benzene rings is 3. The van der Waals surface area contributed by atoms with E-state index >= 15 is 0 Å². The zero-order chi connectivity index (χ0) is 23.6. The Bertz CT molecular complexity index is 1310. The molecule has 3 aromatic carbocycles. The lowest BCUT2D eigenvalue weighted by Gasteiger charge is -2.30. The molecular formula is C25H23NO6S. The number of sulfonamides is 1. The van der Waals surface area contributed by atoms with Gasteiger partial charge in [-0.25, -0.2) is 13.2 Å². The van der Waals surface area contributed by atoms with Crippen molar-refractivity contribution in [3.8, 4) is 11.5 Å². The van der Waals surface area contributed by atoms with E-state index in [1.165, 1.54) is 54.7 Å². The van der Waals surface area contributed by atoms with Crippen molar-refractivity contribution in [3.05, 3.63) is 83.4 Å². The summed E-state index contributed by atoms with van der Waals surface area (Å²) in [5, 5.41) is 0. The maximum atomic E-state index is 13.3. The Morgan fingerprint density at radius 3 is 2.30 bits per heavy atom. The number of rotatable bonds is 6. The van der Waals surface area contributed by atoms with Crippen molar-refractivity contribution in [1.29, 1.82) is 0 Å². The third kappa shape index (κ3) is 4.47. The first kappa shape index (κ1) is 22.5. The molecule has 0 aliphatic carbocycles. The topological polar surface area (TPSA) is 90.0 Å². The number of carbonyl (C=O) groups is 2. The predicted molar refractivity (Wildman–Crippen MR) is 124 cm³/mol. The number of fused-ring (bicyclic) bond motifs is 1. The SMILES string of the molecule is COc1cc(C(C)=O)ccc1OC(=O)c1ccc(S(=O)(=O)N2CCCc3ccccc32)cc1. The Morgan fingerprint density at radius 1 is 0.909 bits per heavy atom. The van der Waals surface area contributed by atoms with Gasteiger partial charge in [-0.3, -0.25) is 9.10 Å². The van der Waals surface area contributed by atoms with Gasteiger partial charge in [-0.1, -0.05) is 18.2 Å². The summed E-state index contributed by atoms with van der Waals surface area (Å²) >= 11 is 0. The fourth-order valence-corrected chi connectivity index (χ4v) is 5.31. The van der Waals surface area contributed by atoms with Crippen molar-refractivity contribution < 1.29 is 27.5 Å². The molecule has 0 spiro atoms. The van der Waals surface area contributed by atoms with Crippen molar-refractivity contribution in [2.24, 2.45) is 0 Å². The number of ketones is 1. The summed E-state index contributed by atoms with van der Waals surface area (Å²) in [5.74, 6) is -0.399. The average Bonchev–Trinajstić information content (AvgIpc) is 2.83. The van der Waals surface area contributed by atoms with Gasteiger partial charge in [0.05, 0.1) is 23.3 Å². The van der Waals surface area contributed by atoms with Crippen LogP contribution < -0.4 is 13.8 Å². The summed E-state index contributed by atoms with van der Waals surface area (Å²) in [6.07, 6.45) is 1.58. The van der Waals surface area contributed by atoms with Crippen LogP contribution in [0.1, 0.15) is 39.6 Å². The van der Waals surface area contributed by atoms with Gasteiger partial charge in [0.2, 0.25) is 0 Å². The lowest BCUT2D eigenvalue weighted by Crippen LogP contribution is -2.35. The summed E-state index contributed by atoms with van der Waals surface area (Å²) in [6, 6.07) is 17.6. The lowest BCUT2D eigenvalue weighted by molar-refractivity contribution is 0.0729. The van der Waals surface area contributed by atoms with Crippen LogP contribution >= 0.6 is 0 Å². The van der Waals surface area contributed by atoms with Gasteiger partial charge in [0.15, 0.2) is 17.3 Å². The largest absolute Gasteiger partial charge is 0.493 e. The molecule has 0 saturated carbocycles. The van der Waals surface area contributed by atoms with Gasteiger partial charge >= 0.3 is 5.97 Å². The van der Waals surface area contributed by atoms with Crippen LogP contribution in [0.4, 0.5) is 5.69 Å². The van der Waals surface area contributed by atoms with Crippen molar-refractivity contribution in [2.75, 3.05) is 18.0 Å². The molecule has 8 heteroatoms. The molecule has 7 nitrogen and oxygen atoms in total. The quantitative estimate of drug-likeness (QED) is 0.307. The highest BCUT2D eigenvalue weighted by molar-refractivity contribution is 7.92. The molecule has 0 saturated heterocycles. The number of para-hydroxylation sites is 1. The molecule has 1 aliphatic heterocycles. The first-order chi connectivity index (χ1) is 15.8. The van der Waals surface area contributed by atoms with Crippen LogP contribution in [0.3, 0.4) is 0 Å². The zero-order valence-electron chi connectivity index (χ0n) is 18.3. The Labute approximate surface area is 192 Å². The molecule has 33 heavy (non-hydrogen) atoms. The average molecular weight is 466 g/mol. The van der Waals surface area contributed by atoms with E-state index in [4.69, 9.17) is 9.47 Å². The van der Waals surface area contributed by atoms with E-state index in [9.17, 15) is 18.0 Å². The number of anilines is 1. The molecule has 0 fully saturated rings. The van der Waals surface area contributed by atoms with Gasteiger partial charge in [0.25, 0.3) is 10.0 Å². The Morgan fingerprint density at radius 2 is 1.61 bits per heavy atom. The standard InChI is InChI=1S/C25H23NO6S/c1-17(27)20-11-14-23(24(16-20)31-2)32-25(28)19-9-12-21(13-10-19)33(29,30)26-15-5-7-18-6-3-4-8-22(18)26/h3-4,6,8-14,16H,5,7,15H2,1-2H3. The molecule has 0 atom stereocenters. The van der Waals surface area contributed by atoms with E-state index in [0.29, 0.717) is 17.8 Å².